The van der Waals surface area contributed by atoms with Crippen molar-refractivity contribution in [1.29, 1.82) is 0 Å². The van der Waals surface area contributed by atoms with Gasteiger partial charge in [0.15, 0.2) is 0 Å². The number of nitrogens with zero attached hydrogens (tertiary/aromatic N) is 1. The van der Waals surface area contributed by atoms with E-state index < -0.39 is 15.9 Å². The molecule has 1 amide bonds. The molecule has 10 N–H and O–H groups in total. The zero-order chi connectivity index (χ0) is 26.4. The smallest absolute Gasteiger partial charge is 0.266 e. The van der Waals surface area contributed by atoms with Crippen LogP contribution in [-0.4, -0.2) is 97.9 Å². The predicted octanol–water partition coefficient (Wildman–Crippen LogP) is 0.0657. The Balaban J connectivity index is -0.000000287. The van der Waals surface area contributed by atoms with Crippen molar-refractivity contribution in [2.24, 2.45) is 17.2 Å². The van der Waals surface area contributed by atoms with Crippen LogP contribution in [0.25, 0.3) is 0 Å². The normalized spacial score (nSPS) is 10.1. The molecule has 204 valence electrons. The third-order valence-corrected chi connectivity index (χ3v) is 4.69. The molecule has 0 aromatic rings. The summed E-state index contributed by atoms with van der Waals surface area (Å²) in [7, 11) is -2.42. The van der Waals surface area contributed by atoms with Crippen molar-refractivity contribution in [2.75, 3.05) is 58.8 Å². The molecular weight excluding hydrogens is 452 g/mol. The Labute approximate surface area is 201 Å². The first kappa shape index (κ1) is 39.4. The molecule has 12 heteroatoms. The Bertz CT molecular complexity index is 454. The maximum absolute atomic E-state index is 11.7. The van der Waals surface area contributed by atoms with Gasteiger partial charge >= 0.3 is 0 Å². The fourth-order valence-corrected chi connectivity index (χ4v) is 2.66. The summed E-state index contributed by atoms with van der Waals surface area (Å²) >= 11 is 0. The summed E-state index contributed by atoms with van der Waals surface area (Å²) in [5.41, 5.74) is 14.3. The molecule has 0 saturated heterocycles. The molecule has 0 aliphatic heterocycles. The fraction of sp³-hybridized carbons (Fsp3) is 0.952. The lowest BCUT2D eigenvalue weighted by Crippen LogP contribution is -2.31. The Hall–Kier alpha value is -0.860. The molecular formula is C21H52N4O7S. The lowest BCUT2D eigenvalue weighted by Gasteiger charge is -2.16. The minimum absolute atomic E-state index is 0.0507. The molecule has 33 heavy (non-hydrogen) atoms. The van der Waals surface area contributed by atoms with Crippen LogP contribution in [-0.2, 0) is 14.9 Å². The van der Waals surface area contributed by atoms with E-state index in [1.807, 2.05) is 0 Å². The number of carbonyl (C=O) groups is 1. The second-order valence-electron chi connectivity index (χ2n) is 7.22. The summed E-state index contributed by atoms with van der Waals surface area (Å²) < 4.78 is 29.8. The minimum atomic E-state index is -3.99. The van der Waals surface area contributed by atoms with Gasteiger partial charge in [-0.2, -0.15) is 8.42 Å². The molecule has 0 saturated carbocycles. The number of carbonyl (C=O) groups excluding carboxylic acids is 1. The highest BCUT2D eigenvalue weighted by Gasteiger charge is 2.12. The summed E-state index contributed by atoms with van der Waals surface area (Å²) in [6.45, 7) is 3.68. The molecule has 0 bridgehead atoms. The first-order valence-corrected chi connectivity index (χ1v) is 13.3. The van der Waals surface area contributed by atoms with Crippen molar-refractivity contribution in [3.8, 4) is 0 Å². The monoisotopic (exact) mass is 504 g/mol. The molecule has 0 unspecified atom stereocenters. The average Bonchev–Trinajstić information content (AvgIpc) is 2.81. The molecule has 0 fully saturated rings. The van der Waals surface area contributed by atoms with Crippen molar-refractivity contribution in [1.82, 2.24) is 4.90 Å². The zero-order valence-electron chi connectivity index (χ0n) is 20.8. The number of aliphatic hydroxyl groups is 3. The molecule has 0 aliphatic carbocycles. The Morgan fingerprint density at radius 3 is 1.39 bits per heavy atom. The Kier molecular flexibility index (Phi) is 39.7. The molecule has 0 rings (SSSR count). The number of hydrogen-bond acceptors (Lipinski definition) is 9. The van der Waals surface area contributed by atoms with Crippen molar-refractivity contribution in [3.05, 3.63) is 0 Å². The topological polar surface area (TPSA) is 213 Å². The summed E-state index contributed by atoms with van der Waals surface area (Å²) in [5.74, 6) is -0.450. The fourth-order valence-electron chi connectivity index (χ4n) is 2.15. The third-order valence-electron chi connectivity index (χ3n) is 3.99. The Morgan fingerprint density at radius 2 is 1.09 bits per heavy atom. The van der Waals surface area contributed by atoms with E-state index in [0.29, 0.717) is 26.1 Å². The number of nitrogens with two attached hydrogens (primary N) is 3. The van der Waals surface area contributed by atoms with E-state index in [1.165, 1.54) is 43.4 Å². The van der Waals surface area contributed by atoms with Gasteiger partial charge in [0.2, 0.25) is 5.91 Å². The lowest BCUT2D eigenvalue weighted by molar-refractivity contribution is -0.129. The van der Waals surface area contributed by atoms with Crippen LogP contribution < -0.4 is 17.2 Å². The summed E-state index contributed by atoms with van der Waals surface area (Å²) in [4.78, 5) is 13.1. The van der Waals surface area contributed by atoms with E-state index in [4.69, 9.17) is 37.1 Å². The summed E-state index contributed by atoms with van der Waals surface area (Å²) in [6.07, 6.45) is 11.3. The second-order valence-corrected chi connectivity index (χ2v) is 8.79. The standard InChI is InChI=1S/C15H31NO4S.3C2H7NO/c1-3-4-5-6-7-8-9-10-11-12-15(17)16(2)13-14-21(18,19)20;3*3-1-2-4/h3-14H2,1-2H3,(H,18,19,20);3*4H,1-3H2. The molecule has 0 radical (unpaired) electrons. The number of aliphatic hydroxyl groups excluding tert-OH is 3. The predicted molar refractivity (Wildman–Crippen MR) is 134 cm³/mol. The van der Waals surface area contributed by atoms with Crippen molar-refractivity contribution >= 4 is 16.0 Å². The molecule has 0 atom stereocenters. The summed E-state index contributed by atoms with van der Waals surface area (Å²) in [6, 6.07) is 0. The van der Waals surface area contributed by atoms with Crippen LogP contribution in [0.3, 0.4) is 0 Å². The van der Waals surface area contributed by atoms with Crippen molar-refractivity contribution in [2.45, 2.75) is 71.1 Å². The van der Waals surface area contributed by atoms with Gasteiger partial charge in [0.25, 0.3) is 10.1 Å². The first-order chi connectivity index (χ1) is 15.6. The molecule has 0 aromatic carbocycles. The number of unbranched alkanes of at least 4 members (excludes halogenated alkanes) is 8. The van der Waals surface area contributed by atoms with Gasteiger partial charge in [-0.25, -0.2) is 0 Å². The molecule has 0 heterocycles. The van der Waals surface area contributed by atoms with Crippen LogP contribution in [0.1, 0.15) is 71.1 Å². The zero-order valence-corrected chi connectivity index (χ0v) is 21.6. The molecule has 0 spiro atoms. The molecule has 0 aliphatic rings. The number of hydrogen-bond donors (Lipinski definition) is 7. The van der Waals surface area contributed by atoms with Crippen molar-refractivity contribution < 1.29 is 33.1 Å². The van der Waals surface area contributed by atoms with E-state index in [0.717, 1.165) is 19.3 Å². The van der Waals surface area contributed by atoms with E-state index >= 15 is 0 Å². The second kappa shape index (κ2) is 33.3. The third kappa shape index (κ3) is 49.4. The van der Waals surface area contributed by atoms with Crippen LogP contribution in [0.15, 0.2) is 0 Å². The van der Waals surface area contributed by atoms with Gasteiger partial charge in [0.05, 0.1) is 25.6 Å². The first-order valence-electron chi connectivity index (χ1n) is 11.7. The van der Waals surface area contributed by atoms with Gasteiger partial charge < -0.3 is 37.4 Å². The van der Waals surface area contributed by atoms with Gasteiger partial charge in [-0.3, -0.25) is 9.35 Å². The van der Waals surface area contributed by atoms with Gasteiger partial charge in [-0.1, -0.05) is 58.3 Å². The lowest BCUT2D eigenvalue weighted by atomic mass is 10.1. The van der Waals surface area contributed by atoms with Gasteiger partial charge in [-0.15, -0.1) is 0 Å². The maximum atomic E-state index is 11.7. The SMILES string of the molecule is CCCCCCCCCCCC(=O)N(C)CCS(=O)(=O)O.NCCO.NCCO.NCCO. The van der Waals surface area contributed by atoms with E-state index in [9.17, 15) is 13.2 Å². The van der Waals surface area contributed by atoms with Crippen LogP contribution in [0.2, 0.25) is 0 Å². The highest BCUT2D eigenvalue weighted by atomic mass is 32.2. The van der Waals surface area contributed by atoms with Crippen molar-refractivity contribution in [3.63, 3.8) is 0 Å². The van der Waals surface area contributed by atoms with Gasteiger partial charge in [-0.05, 0) is 6.42 Å². The van der Waals surface area contributed by atoms with E-state index in [-0.39, 0.29) is 32.3 Å². The van der Waals surface area contributed by atoms with E-state index in [2.05, 4.69) is 6.92 Å². The quantitative estimate of drug-likeness (QED) is 0.111. The summed E-state index contributed by atoms with van der Waals surface area (Å²) in [5, 5.41) is 23.2. The highest BCUT2D eigenvalue weighted by molar-refractivity contribution is 7.85. The minimum Gasteiger partial charge on any atom is -0.395 e. The van der Waals surface area contributed by atoms with Gasteiger partial charge in [0.1, 0.15) is 0 Å². The average molecular weight is 505 g/mol. The van der Waals surface area contributed by atoms with Crippen LogP contribution >= 0.6 is 0 Å². The van der Waals surface area contributed by atoms with E-state index in [1.54, 1.807) is 7.05 Å². The number of amides is 1. The molecule has 0 aromatic heterocycles. The van der Waals surface area contributed by atoms with Crippen LogP contribution in [0, 0.1) is 0 Å². The van der Waals surface area contributed by atoms with Gasteiger partial charge in [0, 0.05) is 39.6 Å². The maximum Gasteiger partial charge on any atom is 0.266 e. The Morgan fingerprint density at radius 1 is 0.758 bits per heavy atom. The highest BCUT2D eigenvalue weighted by Crippen LogP contribution is 2.11. The van der Waals surface area contributed by atoms with Crippen LogP contribution in [0.5, 0.6) is 0 Å². The molecule has 11 nitrogen and oxygen atoms in total. The largest absolute Gasteiger partial charge is 0.395 e. The number of rotatable bonds is 16. The van der Waals surface area contributed by atoms with Crippen LogP contribution in [0.4, 0.5) is 0 Å².